The lowest BCUT2D eigenvalue weighted by Gasteiger charge is -2.19. The molecule has 0 saturated heterocycles. The van der Waals surface area contributed by atoms with Crippen molar-refractivity contribution in [2.24, 2.45) is 0 Å². The van der Waals surface area contributed by atoms with Crippen molar-refractivity contribution in [2.45, 2.75) is 6.04 Å². The zero-order valence-corrected chi connectivity index (χ0v) is 13.3. The number of benzene rings is 1. The number of hydrogen-bond donors (Lipinski definition) is 1. The van der Waals surface area contributed by atoms with Crippen molar-refractivity contribution in [3.8, 4) is 11.5 Å². The molecular formula is C14H23NO4S. The number of ether oxygens (including phenoxy) is 3. The number of hydrogen-bond acceptors (Lipinski definition) is 5. The summed E-state index contributed by atoms with van der Waals surface area (Å²) >= 11 is 0. The van der Waals surface area contributed by atoms with Crippen LogP contribution in [0, 0.1) is 0 Å². The number of methoxy groups -OCH3 is 3. The maximum absolute atomic E-state index is 12.0. The fourth-order valence-electron chi connectivity index (χ4n) is 1.89. The van der Waals surface area contributed by atoms with E-state index >= 15 is 0 Å². The van der Waals surface area contributed by atoms with Gasteiger partial charge in [-0.2, -0.15) is 0 Å². The fourth-order valence-corrected chi connectivity index (χ4v) is 3.12. The van der Waals surface area contributed by atoms with E-state index in [2.05, 4.69) is 5.32 Å². The average molecular weight is 301 g/mol. The predicted octanol–water partition coefficient (Wildman–Crippen LogP) is 1.36. The molecule has 0 amide bonds. The standard InChI is InChI=1S/C14H23NO4S/c1-15-13(10-20(16)8-7-17-2)12-9-11(18-3)5-6-14(12)19-4/h5-6,9,13,15H,7-8,10H2,1-4H3. The lowest BCUT2D eigenvalue weighted by molar-refractivity contribution is 0.218. The summed E-state index contributed by atoms with van der Waals surface area (Å²) in [5.41, 5.74) is 0.945. The molecule has 0 aromatic heterocycles. The second kappa shape index (κ2) is 8.94. The topological polar surface area (TPSA) is 56.8 Å². The minimum atomic E-state index is -0.953. The lowest BCUT2D eigenvalue weighted by atomic mass is 10.1. The smallest absolute Gasteiger partial charge is 0.123 e. The first kappa shape index (κ1) is 16.9. The molecule has 0 heterocycles. The van der Waals surface area contributed by atoms with Crippen LogP contribution in [0.2, 0.25) is 0 Å². The van der Waals surface area contributed by atoms with E-state index in [4.69, 9.17) is 14.2 Å². The molecule has 1 N–H and O–H groups in total. The summed E-state index contributed by atoms with van der Waals surface area (Å²) in [6.45, 7) is 0.498. The van der Waals surface area contributed by atoms with Crippen molar-refractivity contribution in [1.29, 1.82) is 0 Å². The van der Waals surface area contributed by atoms with Crippen LogP contribution in [0.1, 0.15) is 11.6 Å². The van der Waals surface area contributed by atoms with Crippen LogP contribution in [0.25, 0.3) is 0 Å². The van der Waals surface area contributed by atoms with Crippen LogP contribution >= 0.6 is 0 Å². The first-order chi connectivity index (χ1) is 9.65. The van der Waals surface area contributed by atoms with Crippen molar-refractivity contribution in [3.05, 3.63) is 23.8 Å². The Bertz CT molecular complexity index is 439. The molecular weight excluding hydrogens is 278 g/mol. The summed E-state index contributed by atoms with van der Waals surface area (Å²) in [6.07, 6.45) is 0. The summed E-state index contributed by atoms with van der Waals surface area (Å²) in [7, 11) is 5.75. The number of rotatable bonds is 9. The molecule has 6 heteroatoms. The van der Waals surface area contributed by atoms with Crippen LogP contribution in [-0.2, 0) is 15.5 Å². The van der Waals surface area contributed by atoms with Crippen LogP contribution < -0.4 is 14.8 Å². The van der Waals surface area contributed by atoms with Crippen LogP contribution in [0.4, 0.5) is 0 Å². The summed E-state index contributed by atoms with van der Waals surface area (Å²) in [6, 6.07) is 5.55. The molecule has 2 unspecified atom stereocenters. The van der Waals surface area contributed by atoms with Crippen molar-refractivity contribution in [3.63, 3.8) is 0 Å². The minimum absolute atomic E-state index is 0.0576. The minimum Gasteiger partial charge on any atom is -0.497 e. The highest BCUT2D eigenvalue weighted by Gasteiger charge is 2.18. The zero-order chi connectivity index (χ0) is 15.0. The highest BCUT2D eigenvalue weighted by molar-refractivity contribution is 7.85. The Labute approximate surface area is 123 Å². The third-order valence-electron chi connectivity index (χ3n) is 3.03. The van der Waals surface area contributed by atoms with E-state index in [0.29, 0.717) is 18.1 Å². The highest BCUT2D eigenvalue weighted by atomic mass is 32.2. The molecule has 1 aromatic rings. The predicted molar refractivity (Wildman–Crippen MR) is 81.1 cm³/mol. The van der Waals surface area contributed by atoms with Gasteiger partial charge in [-0.1, -0.05) is 0 Å². The molecule has 0 fully saturated rings. The van der Waals surface area contributed by atoms with Crippen LogP contribution in [0.15, 0.2) is 18.2 Å². The number of nitrogens with one attached hydrogen (secondary N) is 1. The maximum Gasteiger partial charge on any atom is 0.123 e. The molecule has 5 nitrogen and oxygen atoms in total. The van der Waals surface area contributed by atoms with Crippen molar-refractivity contribution >= 4 is 10.8 Å². The van der Waals surface area contributed by atoms with Gasteiger partial charge >= 0.3 is 0 Å². The van der Waals surface area contributed by atoms with Crippen molar-refractivity contribution < 1.29 is 18.4 Å². The third kappa shape index (κ3) is 4.77. The molecule has 0 aliphatic heterocycles. The Balaban J connectivity index is 2.90. The van der Waals surface area contributed by atoms with Crippen molar-refractivity contribution in [1.82, 2.24) is 5.32 Å². The van der Waals surface area contributed by atoms with Crippen LogP contribution in [-0.4, -0.2) is 50.7 Å². The largest absolute Gasteiger partial charge is 0.497 e. The van der Waals surface area contributed by atoms with Gasteiger partial charge in [0.1, 0.15) is 11.5 Å². The second-order valence-electron chi connectivity index (χ2n) is 4.25. The Kier molecular flexibility index (Phi) is 7.58. The molecule has 0 bridgehead atoms. The Morgan fingerprint density at radius 2 is 2.00 bits per heavy atom. The van der Waals surface area contributed by atoms with Crippen molar-refractivity contribution in [2.75, 3.05) is 46.5 Å². The van der Waals surface area contributed by atoms with Crippen LogP contribution in [0.5, 0.6) is 11.5 Å². The summed E-state index contributed by atoms with van der Waals surface area (Å²) < 4.78 is 27.6. The summed E-state index contributed by atoms with van der Waals surface area (Å²) in [4.78, 5) is 0. The first-order valence-electron chi connectivity index (χ1n) is 6.39. The summed E-state index contributed by atoms with van der Waals surface area (Å²) in [5, 5.41) is 3.18. The van der Waals surface area contributed by atoms with Gasteiger partial charge in [0.05, 0.1) is 20.8 Å². The average Bonchev–Trinajstić information content (AvgIpc) is 2.49. The Morgan fingerprint density at radius 1 is 1.25 bits per heavy atom. The molecule has 1 rings (SSSR count). The third-order valence-corrected chi connectivity index (χ3v) is 4.36. The normalized spacial score (nSPS) is 13.8. The van der Waals surface area contributed by atoms with Gasteiger partial charge in [0.2, 0.25) is 0 Å². The molecule has 0 aliphatic carbocycles. The van der Waals surface area contributed by atoms with Crippen LogP contribution in [0.3, 0.4) is 0 Å². The Morgan fingerprint density at radius 3 is 2.55 bits per heavy atom. The van der Waals surface area contributed by atoms with E-state index in [0.717, 1.165) is 17.1 Å². The maximum atomic E-state index is 12.0. The quantitative estimate of drug-likeness (QED) is 0.746. The Hall–Kier alpha value is -1.11. The summed E-state index contributed by atoms with van der Waals surface area (Å²) in [5.74, 6) is 2.54. The second-order valence-corrected chi connectivity index (χ2v) is 5.87. The lowest BCUT2D eigenvalue weighted by Crippen LogP contribution is -2.25. The molecule has 20 heavy (non-hydrogen) atoms. The molecule has 1 aromatic carbocycles. The van der Waals surface area contributed by atoms with E-state index in [1.54, 1.807) is 21.3 Å². The molecule has 0 aliphatic rings. The molecule has 114 valence electrons. The van der Waals surface area contributed by atoms with Gasteiger partial charge in [0.25, 0.3) is 0 Å². The highest BCUT2D eigenvalue weighted by Crippen LogP contribution is 2.29. The van der Waals surface area contributed by atoms with Gasteiger partial charge in [0.15, 0.2) is 0 Å². The molecule has 0 spiro atoms. The van der Waals surface area contributed by atoms with Gasteiger partial charge in [-0.15, -0.1) is 0 Å². The van der Waals surface area contributed by atoms with Gasteiger partial charge < -0.3 is 19.5 Å². The van der Waals surface area contributed by atoms with Gasteiger partial charge in [-0.05, 0) is 25.2 Å². The van der Waals surface area contributed by atoms with E-state index in [1.165, 1.54) is 0 Å². The van der Waals surface area contributed by atoms with Gasteiger partial charge in [-0.25, -0.2) is 0 Å². The molecule has 0 saturated carbocycles. The van der Waals surface area contributed by atoms with E-state index in [-0.39, 0.29) is 6.04 Å². The SMILES string of the molecule is CNC(CS(=O)CCOC)c1cc(OC)ccc1OC. The molecule has 0 radical (unpaired) electrons. The zero-order valence-electron chi connectivity index (χ0n) is 12.5. The van der Waals surface area contributed by atoms with E-state index in [9.17, 15) is 4.21 Å². The van der Waals surface area contributed by atoms with Gasteiger partial charge in [-0.3, -0.25) is 4.21 Å². The van der Waals surface area contributed by atoms with Gasteiger partial charge in [0, 0.05) is 41.0 Å². The fraction of sp³-hybridized carbons (Fsp3) is 0.571. The van der Waals surface area contributed by atoms with E-state index < -0.39 is 10.8 Å². The monoisotopic (exact) mass is 301 g/mol. The van der Waals surface area contributed by atoms with E-state index in [1.807, 2.05) is 25.2 Å². The first-order valence-corrected chi connectivity index (χ1v) is 7.88. The molecule has 2 atom stereocenters.